The minimum Gasteiger partial charge on any atom is -0.469 e. The molecule has 0 amide bonds. The number of hydrogen-bond donors (Lipinski definition) is 1. The third-order valence-corrected chi connectivity index (χ3v) is 3.45. The molecule has 1 N–H and O–H groups in total. The van der Waals surface area contributed by atoms with Gasteiger partial charge in [0.05, 0.1) is 7.11 Å². The molecular weight excluding hydrogens is 283 g/mol. The number of halogens is 3. The van der Waals surface area contributed by atoms with Crippen molar-refractivity contribution >= 4 is 16.9 Å². The average molecular weight is 299 g/mol. The van der Waals surface area contributed by atoms with Crippen molar-refractivity contribution in [3.8, 4) is 0 Å². The number of benzene rings is 1. The van der Waals surface area contributed by atoms with E-state index in [1.165, 1.54) is 7.11 Å². The Kier molecular flexibility index (Phi) is 4.25. The van der Waals surface area contributed by atoms with Gasteiger partial charge in [-0.05, 0) is 37.0 Å². The van der Waals surface area contributed by atoms with E-state index in [2.05, 4.69) is 9.72 Å². The number of hydrogen-bond acceptors (Lipinski definition) is 2. The first-order valence-corrected chi connectivity index (χ1v) is 6.58. The number of carbonyl (C=O) groups excluding carboxylic acids is 1. The zero-order chi connectivity index (χ0) is 15.6. The molecule has 0 atom stereocenters. The summed E-state index contributed by atoms with van der Waals surface area (Å²) in [7, 11) is 1.26. The Morgan fingerprint density at radius 3 is 2.67 bits per heavy atom. The number of H-pyrrole nitrogens is 1. The first-order chi connectivity index (χ1) is 9.84. The molecule has 0 aliphatic rings. The zero-order valence-electron chi connectivity index (χ0n) is 11.8. The van der Waals surface area contributed by atoms with E-state index in [9.17, 15) is 18.0 Å². The minimum atomic E-state index is -4.44. The molecule has 6 heteroatoms. The number of rotatable bonds is 4. The van der Waals surface area contributed by atoms with Crippen molar-refractivity contribution in [3.63, 3.8) is 0 Å². The Balaban J connectivity index is 2.41. The molecule has 2 aromatic rings. The van der Waals surface area contributed by atoms with Crippen LogP contribution in [0.4, 0.5) is 13.2 Å². The van der Waals surface area contributed by atoms with Gasteiger partial charge in [-0.15, -0.1) is 0 Å². The number of ether oxygens (including phenoxy) is 1. The summed E-state index contributed by atoms with van der Waals surface area (Å²) in [6.45, 7) is 1.78. The van der Waals surface area contributed by atoms with Gasteiger partial charge >= 0.3 is 12.1 Å². The standard InChI is InChI=1S/C15H16F3NO2/c1-9-5-3-7-11-13(9)10(6-4-8-12(20)21-2)14(19-11)15(16,17)18/h3,5,7,19H,4,6,8H2,1-2H3. The maximum atomic E-state index is 13.1. The Bertz CT molecular complexity index is 659. The van der Waals surface area contributed by atoms with E-state index in [-0.39, 0.29) is 18.4 Å². The van der Waals surface area contributed by atoms with Crippen LogP contribution in [0.5, 0.6) is 0 Å². The van der Waals surface area contributed by atoms with Crippen molar-refractivity contribution in [1.82, 2.24) is 4.98 Å². The lowest BCUT2D eigenvalue weighted by Crippen LogP contribution is -2.09. The van der Waals surface area contributed by atoms with E-state index < -0.39 is 17.8 Å². The number of fused-ring (bicyclic) bond motifs is 1. The molecule has 0 spiro atoms. The Morgan fingerprint density at radius 1 is 1.33 bits per heavy atom. The van der Waals surface area contributed by atoms with Crippen LogP contribution in [-0.2, 0) is 22.1 Å². The largest absolute Gasteiger partial charge is 0.469 e. The molecule has 1 aromatic carbocycles. The Hall–Kier alpha value is -1.98. The molecule has 0 saturated heterocycles. The summed E-state index contributed by atoms with van der Waals surface area (Å²) >= 11 is 0. The van der Waals surface area contributed by atoms with Gasteiger partial charge in [0, 0.05) is 17.3 Å². The lowest BCUT2D eigenvalue weighted by atomic mass is 10.0. The van der Waals surface area contributed by atoms with Gasteiger partial charge in [0.2, 0.25) is 0 Å². The minimum absolute atomic E-state index is 0.104. The smallest absolute Gasteiger partial charge is 0.431 e. The van der Waals surface area contributed by atoms with Crippen molar-refractivity contribution in [3.05, 3.63) is 35.0 Å². The van der Waals surface area contributed by atoms with Crippen molar-refractivity contribution in [2.24, 2.45) is 0 Å². The van der Waals surface area contributed by atoms with E-state index >= 15 is 0 Å². The van der Waals surface area contributed by atoms with E-state index in [0.29, 0.717) is 17.3 Å². The molecule has 0 aliphatic carbocycles. The molecule has 1 heterocycles. The maximum Gasteiger partial charge on any atom is 0.431 e. The molecule has 3 nitrogen and oxygen atoms in total. The van der Waals surface area contributed by atoms with E-state index in [4.69, 9.17) is 0 Å². The highest BCUT2D eigenvalue weighted by atomic mass is 19.4. The van der Waals surface area contributed by atoms with Gasteiger partial charge < -0.3 is 9.72 Å². The lowest BCUT2D eigenvalue weighted by Gasteiger charge is -2.08. The molecular formula is C15H16F3NO2. The van der Waals surface area contributed by atoms with Crippen LogP contribution in [0, 0.1) is 6.92 Å². The summed E-state index contributed by atoms with van der Waals surface area (Å²) in [5.74, 6) is -0.417. The van der Waals surface area contributed by atoms with Crippen molar-refractivity contribution in [1.29, 1.82) is 0 Å². The van der Waals surface area contributed by atoms with Crippen LogP contribution >= 0.6 is 0 Å². The number of aryl methyl sites for hydroxylation is 2. The van der Waals surface area contributed by atoms with Crippen LogP contribution in [0.15, 0.2) is 18.2 Å². The normalized spacial score (nSPS) is 11.9. The summed E-state index contributed by atoms with van der Waals surface area (Å²) in [5.41, 5.74) is 0.749. The molecule has 1 aromatic heterocycles. The number of alkyl halides is 3. The van der Waals surface area contributed by atoms with Crippen molar-refractivity contribution in [2.45, 2.75) is 32.4 Å². The molecule has 21 heavy (non-hydrogen) atoms. The highest BCUT2D eigenvalue weighted by Gasteiger charge is 2.36. The first-order valence-electron chi connectivity index (χ1n) is 6.58. The van der Waals surface area contributed by atoms with Crippen LogP contribution in [-0.4, -0.2) is 18.1 Å². The maximum absolute atomic E-state index is 13.1. The number of aromatic amines is 1. The third kappa shape index (κ3) is 3.20. The lowest BCUT2D eigenvalue weighted by molar-refractivity contribution is -0.141. The van der Waals surface area contributed by atoms with Crippen LogP contribution in [0.1, 0.15) is 29.7 Å². The number of carbonyl (C=O) groups is 1. The number of aromatic nitrogens is 1. The molecule has 0 radical (unpaired) electrons. The van der Waals surface area contributed by atoms with Gasteiger partial charge in [-0.2, -0.15) is 13.2 Å². The monoisotopic (exact) mass is 299 g/mol. The summed E-state index contributed by atoms with van der Waals surface area (Å²) in [5, 5.41) is 0.592. The molecule has 0 bridgehead atoms. The third-order valence-electron chi connectivity index (χ3n) is 3.45. The van der Waals surface area contributed by atoms with Crippen LogP contribution in [0.2, 0.25) is 0 Å². The molecule has 114 valence electrons. The number of esters is 1. The fraction of sp³-hybridized carbons (Fsp3) is 0.400. The van der Waals surface area contributed by atoms with E-state index in [0.717, 1.165) is 5.56 Å². The summed E-state index contributed by atoms with van der Waals surface area (Å²) in [6.07, 6.45) is -3.84. The zero-order valence-corrected chi connectivity index (χ0v) is 11.8. The van der Waals surface area contributed by atoms with Crippen molar-refractivity contribution < 1.29 is 22.7 Å². The van der Waals surface area contributed by atoms with Gasteiger partial charge in [-0.1, -0.05) is 12.1 Å². The second-order valence-electron chi connectivity index (χ2n) is 4.90. The first kappa shape index (κ1) is 15.4. The topological polar surface area (TPSA) is 42.1 Å². The van der Waals surface area contributed by atoms with Gasteiger partial charge in [-0.25, -0.2) is 0 Å². The predicted molar refractivity (Wildman–Crippen MR) is 73.0 cm³/mol. The fourth-order valence-corrected chi connectivity index (χ4v) is 2.51. The fourth-order valence-electron chi connectivity index (χ4n) is 2.51. The van der Waals surface area contributed by atoms with Crippen LogP contribution in [0.3, 0.4) is 0 Å². The molecule has 2 rings (SSSR count). The van der Waals surface area contributed by atoms with Crippen molar-refractivity contribution in [2.75, 3.05) is 7.11 Å². The predicted octanol–water partition coefficient (Wildman–Crippen LogP) is 3.99. The Morgan fingerprint density at radius 2 is 2.05 bits per heavy atom. The molecule has 0 unspecified atom stereocenters. The number of nitrogens with one attached hydrogen (secondary N) is 1. The van der Waals surface area contributed by atoms with Crippen LogP contribution in [0.25, 0.3) is 10.9 Å². The summed E-state index contributed by atoms with van der Waals surface area (Å²) in [4.78, 5) is 13.6. The average Bonchev–Trinajstić information content (AvgIpc) is 2.79. The van der Waals surface area contributed by atoms with E-state index in [1.54, 1.807) is 25.1 Å². The Labute approximate surface area is 120 Å². The summed E-state index contributed by atoms with van der Waals surface area (Å²) in [6, 6.07) is 5.12. The molecule has 0 saturated carbocycles. The molecule has 0 fully saturated rings. The quantitative estimate of drug-likeness (QED) is 0.867. The van der Waals surface area contributed by atoms with Gasteiger partial charge in [0.25, 0.3) is 0 Å². The van der Waals surface area contributed by atoms with Gasteiger partial charge in [0.1, 0.15) is 5.69 Å². The highest BCUT2D eigenvalue weighted by Crippen LogP contribution is 2.37. The second-order valence-corrected chi connectivity index (χ2v) is 4.90. The van der Waals surface area contributed by atoms with Gasteiger partial charge in [0.15, 0.2) is 0 Å². The highest BCUT2D eigenvalue weighted by molar-refractivity contribution is 5.88. The molecule has 0 aliphatic heterocycles. The van der Waals surface area contributed by atoms with Crippen LogP contribution < -0.4 is 0 Å². The second kappa shape index (κ2) is 5.79. The summed E-state index contributed by atoms with van der Waals surface area (Å²) < 4.78 is 44.0. The van der Waals surface area contributed by atoms with Gasteiger partial charge in [-0.3, -0.25) is 4.79 Å². The van der Waals surface area contributed by atoms with E-state index in [1.807, 2.05) is 0 Å². The SMILES string of the molecule is COC(=O)CCCc1c(C(F)(F)F)[nH]c2cccc(C)c12. The number of methoxy groups -OCH3 is 1.